The van der Waals surface area contributed by atoms with Crippen molar-refractivity contribution in [3.8, 4) is 11.3 Å². The van der Waals surface area contributed by atoms with Gasteiger partial charge in [-0.1, -0.05) is 78.4 Å². The number of H-pyrrole nitrogens is 1. The van der Waals surface area contributed by atoms with Crippen LogP contribution in [0, 0.1) is 6.92 Å². The highest BCUT2D eigenvalue weighted by Crippen LogP contribution is 2.21. The minimum atomic E-state index is 0.664. The summed E-state index contributed by atoms with van der Waals surface area (Å²) < 4.78 is 0. The van der Waals surface area contributed by atoms with Crippen molar-refractivity contribution in [1.82, 2.24) is 25.3 Å². The monoisotopic (exact) mass is 421 g/mol. The van der Waals surface area contributed by atoms with E-state index in [-0.39, 0.29) is 0 Å². The lowest BCUT2D eigenvalue weighted by Crippen LogP contribution is -2.17. The first-order valence-corrected chi connectivity index (χ1v) is 11.1. The third-order valence-corrected chi connectivity index (χ3v) is 5.72. The minimum absolute atomic E-state index is 0.664. The second-order valence-corrected chi connectivity index (χ2v) is 8.17. The number of para-hydroxylation sites is 1. The molecular formula is C27H27N5. The van der Waals surface area contributed by atoms with Crippen LogP contribution < -0.4 is 5.32 Å². The predicted molar refractivity (Wildman–Crippen MR) is 129 cm³/mol. The van der Waals surface area contributed by atoms with E-state index in [1.807, 2.05) is 23.0 Å². The van der Waals surface area contributed by atoms with Gasteiger partial charge in [-0.3, -0.25) is 0 Å². The quantitative estimate of drug-likeness (QED) is 0.342. The summed E-state index contributed by atoms with van der Waals surface area (Å²) in [6.45, 7) is 4.33. The molecule has 32 heavy (non-hydrogen) atoms. The number of benzene rings is 3. The zero-order valence-corrected chi connectivity index (χ0v) is 18.3. The lowest BCUT2D eigenvalue weighted by atomic mass is 10.1. The van der Waals surface area contributed by atoms with E-state index in [4.69, 9.17) is 10.2 Å². The summed E-state index contributed by atoms with van der Waals surface area (Å²) in [6.07, 6.45) is 3.07. The molecule has 5 rings (SSSR count). The number of fused-ring (bicyclic) bond motifs is 1. The van der Waals surface area contributed by atoms with Crippen molar-refractivity contribution in [1.29, 1.82) is 0 Å². The van der Waals surface area contributed by atoms with Gasteiger partial charge in [0.05, 0.1) is 6.54 Å². The predicted octanol–water partition coefficient (Wildman–Crippen LogP) is 5.12. The van der Waals surface area contributed by atoms with Crippen molar-refractivity contribution in [3.05, 3.63) is 107 Å². The second-order valence-electron chi connectivity index (χ2n) is 8.17. The van der Waals surface area contributed by atoms with Gasteiger partial charge in [-0.25, -0.2) is 0 Å². The highest BCUT2D eigenvalue weighted by Gasteiger charge is 2.13. The number of aromatic nitrogens is 4. The average Bonchev–Trinajstić information content (AvgIpc) is 3.41. The molecule has 0 fully saturated rings. The first kappa shape index (κ1) is 20.2. The molecule has 5 heteroatoms. The van der Waals surface area contributed by atoms with Gasteiger partial charge in [0.1, 0.15) is 11.4 Å². The van der Waals surface area contributed by atoms with Crippen LogP contribution in [0.2, 0.25) is 0 Å². The molecule has 0 unspecified atom stereocenters. The Hall–Kier alpha value is -3.70. The maximum atomic E-state index is 4.84. The number of hydrogen-bond donors (Lipinski definition) is 2. The van der Waals surface area contributed by atoms with E-state index in [9.17, 15) is 0 Å². The van der Waals surface area contributed by atoms with E-state index in [2.05, 4.69) is 84.1 Å². The molecule has 0 amide bonds. The van der Waals surface area contributed by atoms with Gasteiger partial charge in [0.2, 0.25) is 0 Å². The number of hydrogen-bond acceptors (Lipinski definition) is 3. The first-order valence-electron chi connectivity index (χ1n) is 11.1. The highest BCUT2D eigenvalue weighted by molar-refractivity contribution is 5.83. The molecule has 160 valence electrons. The summed E-state index contributed by atoms with van der Waals surface area (Å²) in [5.74, 6) is 0. The summed E-state index contributed by atoms with van der Waals surface area (Å²) in [5.41, 5.74) is 7.99. The fourth-order valence-corrected chi connectivity index (χ4v) is 4.13. The molecule has 0 spiro atoms. The molecule has 0 aliphatic carbocycles. The zero-order chi connectivity index (χ0) is 21.8. The first-order chi connectivity index (χ1) is 15.8. The number of aryl methyl sites for hydroxylation is 1. The van der Waals surface area contributed by atoms with Gasteiger partial charge >= 0.3 is 0 Å². The van der Waals surface area contributed by atoms with Gasteiger partial charge in [0.15, 0.2) is 0 Å². The number of nitrogens with one attached hydrogen (secondary N) is 2. The molecule has 0 saturated carbocycles. The Morgan fingerprint density at radius 3 is 2.62 bits per heavy atom. The van der Waals surface area contributed by atoms with E-state index in [1.165, 1.54) is 27.6 Å². The standard InChI is InChI=1S/C27H27N5/c1-20-8-7-9-21(16-20)19-32-30-26(27(31-32)22-10-3-2-4-11-22)18-28-15-14-23-17-29-25-13-6-5-12-24(23)25/h2-13,16-17,28-29H,14-15,18-19H2,1H3. The van der Waals surface area contributed by atoms with Crippen LogP contribution in [0.4, 0.5) is 0 Å². The SMILES string of the molecule is Cc1cccc(Cn2nc(CNCCc3c[nH]c4ccccc34)c(-c3ccccc3)n2)c1. The second kappa shape index (κ2) is 9.20. The van der Waals surface area contributed by atoms with Crippen molar-refractivity contribution in [2.75, 3.05) is 6.54 Å². The van der Waals surface area contributed by atoms with E-state index in [0.717, 1.165) is 29.9 Å². The van der Waals surface area contributed by atoms with E-state index in [0.29, 0.717) is 13.1 Å². The van der Waals surface area contributed by atoms with Crippen LogP contribution in [0.5, 0.6) is 0 Å². The smallest absolute Gasteiger partial charge is 0.117 e. The Bertz CT molecular complexity index is 1320. The van der Waals surface area contributed by atoms with Crippen molar-refractivity contribution >= 4 is 10.9 Å². The summed E-state index contributed by atoms with van der Waals surface area (Å²) in [4.78, 5) is 5.17. The van der Waals surface area contributed by atoms with Gasteiger partial charge < -0.3 is 10.3 Å². The number of nitrogens with zero attached hydrogens (tertiary/aromatic N) is 3. The van der Waals surface area contributed by atoms with E-state index in [1.54, 1.807) is 0 Å². The Labute approximate surface area is 188 Å². The molecule has 0 atom stereocenters. The zero-order valence-electron chi connectivity index (χ0n) is 18.3. The largest absolute Gasteiger partial charge is 0.361 e. The molecule has 0 aliphatic rings. The Morgan fingerprint density at radius 1 is 0.906 bits per heavy atom. The molecule has 0 bridgehead atoms. The van der Waals surface area contributed by atoms with Crippen LogP contribution in [0.15, 0.2) is 85.1 Å². The fraction of sp³-hybridized carbons (Fsp3) is 0.185. The maximum Gasteiger partial charge on any atom is 0.117 e. The van der Waals surface area contributed by atoms with Crippen LogP contribution in [0.1, 0.15) is 22.4 Å². The van der Waals surface area contributed by atoms with Crippen molar-refractivity contribution in [3.63, 3.8) is 0 Å². The lowest BCUT2D eigenvalue weighted by Gasteiger charge is -2.04. The summed E-state index contributed by atoms with van der Waals surface area (Å²) in [6, 6.07) is 27.2. The molecule has 2 aromatic heterocycles. The lowest BCUT2D eigenvalue weighted by molar-refractivity contribution is 0.576. The fourth-order valence-electron chi connectivity index (χ4n) is 4.13. The van der Waals surface area contributed by atoms with Crippen LogP contribution in [-0.2, 0) is 19.5 Å². The summed E-state index contributed by atoms with van der Waals surface area (Å²) in [5, 5.41) is 14.5. The van der Waals surface area contributed by atoms with Crippen LogP contribution >= 0.6 is 0 Å². The third-order valence-electron chi connectivity index (χ3n) is 5.72. The molecule has 0 aliphatic heterocycles. The Kier molecular flexibility index (Phi) is 5.81. The number of rotatable bonds is 8. The van der Waals surface area contributed by atoms with Gasteiger partial charge in [0.25, 0.3) is 0 Å². The van der Waals surface area contributed by atoms with Gasteiger partial charge in [0, 0.05) is 29.2 Å². The van der Waals surface area contributed by atoms with Gasteiger partial charge in [-0.05, 0) is 37.1 Å². The molecule has 5 aromatic rings. The van der Waals surface area contributed by atoms with Crippen molar-refractivity contribution in [2.45, 2.75) is 26.4 Å². The molecule has 3 aromatic carbocycles. The third kappa shape index (κ3) is 4.48. The maximum absolute atomic E-state index is 4.84. The molecule has 0 radical (unpaired) electrons. The van der Waals surface area contributed by atoms with Crippen molar-refractivity contribution in [2.24, 2.45) is 0 Å². The van der Waals surface area contributed by atoms with Crippen LogP contribution in [-0.4, -0.2) is 26.5 Å². The normalized spacial score (nSPS) is 11.3. The van der Waals surface area contributed by atoms with Gasteiger partial charge in [-0.2, -0.15) is 15.0 Å². The van der Waals surface area contributed by atoms with Crippen LogP contribution in [0.25, 0.3) is 22.2 Å². The number of aromatic amines is 1. The molecular weight excluding hydrogens is 394 g/mol. The van der Waals surface area contributed by atoms with Gasteiger partial charge in [-0.15, -0.1) is 0 Å². The topological polar surface area (TPSA) is 58.5 Å². The summed E-state index contributed by atoms with van der Waals surface area (Å²) in [7, 11) is 0. The average molecular weight is 422 g/mol. The van der Waals surface area contributed by atoms with Crippen LogP contribution in [0.3, 0.4) is 0 Å². The Balaban J connectivity index is 1.31. The van der Waals surface area contributed by atoms with E-state index >= 15 is 0 Å². The molecule has 5 nitrogen and oxygen atoms in total. The molecule has 2 N–H and O–H groups in total. The van der Waals surface area contributed by atoms with Crippen molar-refractivity contribution < 1.29 is 0 Å². The minimum Gasteiger partial charge on any atom is -0.361 e. The molecule has 0 saturated heterocycles. The molecule has 2 heterocycles. The Morgan fingerprint density at radius 2 is 1.75 bits per heavy atom. The summed E-state index contributed by atoms with van der Waals surface area (Å²) >= 11 is 0. The van der Waals surface area contributed by atoms with E-state index < -0.39 is 0 Å². The highest BCUT2D eigenvalue weighted by atomic mass is 15.5.